The second-order valence-corrected chi connectivity index (χ2v) is 6.92. The van der Waals surface area contributed by atoms with Gasteiger partial charge in [-0.1, -0.05) is 20.8 Å². The maximum atomic E-state index is 11.8. The van der Waals surface area contributed by atoms with Gasteiger partial charge < -0.3 is 20.3 Å². The quantitative estimate of drug-likeness (QED) is 0.400. The molecule has 0 heterocycles. The Kier molecular flexibility index (Phi) is 7.65. The molecule has 0 aromatic carbocycles. The molecule has 6 heteroatoms. The van der Waals surface area contributed by atoms with Crippen molar-refractivity contribution in [1.29, 1.82) is 0 Å². The van der Waals surface area contributed by atoms with Crippen LogP contribution in [0.1, 0.15) is 33.6 Å². The molecule has 0 spiro atoms. The minimum atomic E-state index is -0.350. The molecular formula is C16H32N4O2. The van der Waals surface area contributed by atoms with Gasteiger partial charge in [0.2, 0.25) is 5.91 Å². The Morgan fingerprint density at radius 3 is 2.45 bits per heavy atom. The van der Waals surface area contributed by atoms with E-state index in [1.165, 1.54) is 12.8 Å². The number of hydrogen-bond donors (Lipinski definition) is 2. The van der Waals surface area contributed by atoms with E-state index in [-0.39, 0.29) is 11.3 Å². The predicted octanol–water partition coefficient (Wildman–Crippen LogP) is 1.08. The molecule has 1 fully saturated rings. The Labute approximate surface area is 134 Å². The summed E-state index contributed by atoms with van der Waals surface area (Å²) in [5.74, 6) is 1.68. The van der Waals surface area contributed by atoms with Crippen LogP contribution >= 0.6 is 0 Å². The molecule has 0 bridgehead atoms. The molecule has 0 aliphatic heterocycles. The molecule has 6 nitrogen and oxygen atoms in total. The van der Waals surface area contributed by atoms with Gasteiger partial charge >= 0.3 is 0 Å². The average molecular weight is 312 g/mol. The number of carbonyl (C=O) groups excluding carboxylic acids is 1. The summed E-state index contributed by atoms with van der Waals surface area (Å²) in [5, 5.41) is 6.16. The smallest absolute Gasteiger partial charge is 0.225 e. The highest BCUT2D eigenvalue weighted by atomic mass is 16.5. The second-order valence-electron chi connectivity index (χ2n) is 6.92. The number of likely N-dealkylation sites (N-methyl/N-ethyl adjacent to an activating group) is 1. The molecule has 1 amide bonds. The minimum absolute atomic E-state index is 0.0612. The molecule has 0 unspecified atom stereocenters. The first-order valence-electron chi connectivity index (χ1n) is 8.12. The van der Waals surface area contributed by atoms with Crippen LogP contribution in [0.4, 0.5) is 0 Å². The van der Waals surface area contributed by atoms with Crippen molar-refractivity contribution >= 4 is 11.9 Å². The van der Waals surface area contributed by atoms with E-state index < -0.39 is 0 Å². The van der Waals surface area contributed by atoms with Gasteiger partial charge in [0.1, 0.15) is 0 Å². The predicted molar refractivity (Wildman–Crippen MR) is 90.0 cm³/mol. The van der Waals surface area contributed by atoms with Crippen molar-refractivity contribution in [3.63, 3.8) is 0 Å². The van der Waals surface area contributed by atoms with Gasteiger partial charge in [-0.2, -0.15) is 0 Å². The van der Waals surface area contributed by atoms with Crippen LogP contribution in [0.5, 0.6) is 0 Å². The molecule has 1 aliphatic carbocycles. The summed E-state index contributed by atoms with van der Waals surface area (Å²) < 4.78 is 5.64. The highest BCUT2D eigenvalue weighted by molar-refractivity contribution is 5.81. The van der Waals surface area contributed by atoms with Gasteiger partial charge in [0, 0.05) is 45.8 Å². The van der Waals surface area contributed by atoms with Gasteiger partial charge in [-0.3, -0.25) is 9.79 Å². The molecule has 0 atom stereocenters. The summed E-state index contributed by atoms with van der Waals surface area (Å²) in [6, 6.07) is 0. The first-order valence-corrected chi connectivity index (χ1v) is 8.12. The van der Waals surface area contributed by atoms with Crippen LogP contribution in [0.15, 0.2) is 4.99 Å². The molecule has 0 saturated heterocycles. The summed E-state index contributed by atoms with van der Waals surface area (Å²) in [6.07, 6.45) is 2.64. The fourth-order valence-electron chi connectivity index (χ4n) is 1.84. The zero-order valence-corrected chi connectivity index (χ0v) is 14.7. The van der Waals surface area contributed by atoms with Crippen LogP contribution in [-0.4, -0.2) is 63.7 Å². The Balaban J connectivity index is 2.13. The van der Waals surface area contributed by atoms with E-state index in [1.54, 1.807) is 7.05 Å². The van der Waals surface area contributed by atoms with Crippen LogP contribution in [-0.2, 0) is 9.53 Å². The van der Waals surface area contributed by atoms with Gasteiger partial charge in [-0.15, -0.1) is 0 Å². The number of aliphatic imine (C=N–C) groups is 1. The second kappa shape index (κ2) is 8.98. The molecule has 128 valence electrons. The third-order valence-corrected chi connectivity index (χ3v) is 3.57. The number of rotatable bonds is 8. The van der Waals surface area contributed by atoms with E-state index in [2.05, 4.69) is 15.6 Å². The van der Waals surface area contributed by atoms with E-state index in [0.717, 1.165) is 25.0 Å². The highest BCUT2D eigenvalue weighted by Crippen LogP contribution is 2.28. The van der Waals surface area contributed by atoms with Crippen LogP contribution in [0.3, 0.4) is 0 Å². The Morgan fingerprint density at radius 1 is 1.27 bits per heavy atom. The minimum Gasteiger partial charge on any atom is -0.379 e. The fraction of sp³-hybridized carbons (Fsp3) is 0.875. The van der Waals surface area contributed by atoms with Crippen molar-refractivity contribution in [3.8, 4) is 0 Å². The number of amides is 1. The zero-order valence-electron chi connectivity index (χ0n) is 14.7. The summed E-state index contributed by atoms with van der Waals surface area (Å²) in [5.41, 5.74) is -0.350. The van der Waals surface area contributed by atoms with Crippen molar-refractivity contribution in [2.45, 2.75) is 33.6 Å². The summed E-state index contributed by atoms with van der Waals surface area (Å²) in [6.45, 7) is 9.37. The molecule has 2 N–H and O–H groups in total. The normalized spacial score (nSPS) is 15.6. The summed E-state index contributed by atoms with van der Waals surface area (Å²) >= 11 is 0. The van der Waals surface area contributed by atoms with Crippen molar-refractivity contribution in [2.75, 3.05) is 46.9 Å². The molecular weight excluding hydrogens is 280 g/mol. The van der Waals surface area contributed by atoms with Crippen molar-refractivity contribution < 1.29 is 9.53 Å². The lowest BCUT2D eigenvalue weighted by Crippen LogP contribution is -2.44. The fourth-order valence-corrected chi connectivity index (χ4v) is 1.84. The lowest BCUT2D eigenvalue weighted by molar-refractivity contribution is -0.128. The van der Waals surface area contributed by atoms with E-state index >= 15 is 0 Å². The van der Waals surface area contributed by atoms with Gasteiger partial charge in [-0.25, -0.2) is 0 Å². The Hall–Kier alpha value is -1.30. The Morgan fingerprint density at radius 2 is 1.91 bits per heavy atom. The standard InChI is InChI=1S/C16H32N4O2/c1-16(2,3)14(21)18-8-9-19-15(17-4)20(5)10-11-22-12-13-6-7-13/h13H,6-12H2,1-5H3,(H,17,19)(H,18,21). The average Bonchev–Trinajstić information content (AvgIpc) is 3.26. The van der Waals surface area contributed by atoms with Gasteiger partial charge in [-0.05, 0) is 18.8 Å². The lowest BCUT2D eigenvalue weighted by atomic mass is 9.96. The molecule has 0 aromatic heterocycles. The van der Waals surface area contributed by atoms with E-state index in [0.29, 0.717) is 19.7 Å². The van der Waals surface area contributed by atoms with Gasteiger partial charge in [0.05, 0.1) is 6.61 Å². The largest absolute Gasteiger partial charge is 0.379 e. The van der Waals surface area contributed by atoms with Crippen molar-refractivity contribution in [1.82, 2.24) is 15.5 Å². The monoisotopic (exact) mass is 312 g/mol. The molecule has 0 aromatic rings. The lowest BCUT2D eigenvalue weighted by Gasteiger charge is -2.23. The number of nitrogens with zero attached hydrogens (tertiary/aromatic N) is 2. The summed E-state index contributed by atoms with van der Waals surface area (Å²) in [7, 11) is 3.75. The van der Waals surface area contributed by atoms with Crippen LogP contribution < -0.4 is 10.6 Å². The van der Waals surface area contributed by atoms with Crippen LogP contribution in [0, 0.1) is 11.3 Å². The topological polar surface area (TPSA) is 66.0 Å². The van der Waals surface area contributed by atoms with E-state index in [4.69, 9.17) is 4.74 Å². The zero-order chi connectivity index (χ0) is 16.6. The van der Waals surface area contributed by atoms with E-state index in [1.807, 2.05) is 32.7 Å². The third-order valence-electron chi connectivity index (χ3n) is 3.57. The number of hydrogen-bond acceptors (Lipinski definition) is 3. The Bertz CT molecular complexity index is 373. The molecule has 1 rings (SSSR count). The number of nitrogens with one attached hydrogen (secondary N) is 2. The first-order chi connectivity index (χ1) is 10.3. The van der Waals surface area contributed by atoms with Crippen LogP contribution in [0.25, 0.3) is 0 Å². The number of guanidine groups is 1. The number of ether oxygens (including phenoxy) is 1. The summed E-state index contributed by atoms with van der Waals surface area (Å²) in [4.78, 5) is 18.0. The number of carbonyl (C=O) groups is 1. The maximum absolute atomic E-state index is 11.8. The molecule has 22 heavy (non-hydrogen) atoms. The van der Waals surface area contributed by atoms with Crippen LogP contribution in [0.2, 0.25) is 0 Å². The SMILES string of the molecule is CN=C(NCCNC(=O)C(C)(C)C)N(C)CCOCC1CC1. The molecule has 1 saturated carbocycles. The van der Waals surface area contributed by atoms with Crippen molar-refractivity contribution in [3.05, 3.63) is 0 Å². The van der Waals surface area contributed by atoms with Crippen molar-refractivity contribution in [2.24, 2.45) is 16.3 Å². The van der Waals surface area contributed by atoms with Gasteiger partial charge in [0.25, 0.3) is 0 Å². The third kappa shape index (κ3) is 7.64. The molecule has 0 radical (unpaired) electrons. The first kappa shape index (κ1) is 18.7. The van der Waals surface area contributed by atoms with Gasteiger partial charge in [0.15, 0.2) is 5.96 Å². The highest BCUT2D eigenvalue weighted by Gasteiger charge is 2.21. The molecule has 1 aliphatic rings. The van der Waals surface area contributed by atoms with E-state index in [9.17, 15) is 4.79 Å². The maximum Gasteiger partial charge on any atom is 0.225 e.